The van der Waals surface area contributed by atoms with Crippen LogP contribution in [-0.2, 0) is 9.59 Å². The van der Waals surface area contributed by atoms with Crippen molar-refractivity contribution in [3.8, 4) is 0 Å². The summed E-state index contributed by atoms with van der Waals surface area (Å²) in [4.78, 5) is 26.6. The molecule has 0 radical (unpaired) electrons. The highest BCUT2D eigenvalue weighted by Gasteiger charge is 2.49. The fourth-order valence-electron chi connectivity index (χ4n) is 3.15. The van der Waals surface area contributed by atoms with Gasteiger partial charge in [0.2, 0.25) is 11.8 Å². The molecule has 1 saturated heterocycles. The molecule has 2 amide bonds. The number of fused-ring (bicyclic) bond motifs is 1. The van der Waals surface area contributed by atoms with Gasteiger partial charge in [0.25, 0.3) is 0 Å². The molecule has 3 rings (SSSR count). The monoisotopic (exact) mass is 367 g/mol. The van der Waals surface area contributed by atoms with Crippen molar-refractivity contribution in [2.45, 2.75) is 26.7 Å². The van der Waals surface area contributed by atoms with Crippen molar-refractivity contribution in [3.63, 3.8) is 0 Å². The quantitative estimate of drug-likeness (QED) is 0.549. The number of imide groups is 1. The van der Waals surface area contributed by atoms with Crippen LogP contribution in [0.2, 0.25) is 5.02 Å². The first-order valence-corrected chi connectivity index (χ1v) is 8.06. The lowest BCUT2D eigenvalue weighted by Crippen LogP contribution is -2.31. The van der Waals surface area contributed by atoms with Gasteiger partial charge in [0.1, 0.15) is 0 Å². The number of allylic oxidation sites excluding steroid dienone is 2. The number of aryl methyl sites for hydroxylation is 1. The predicted molar refractivity (Wildman–Crippen MR) is 86.4 cm³/mol. The topological polar surface area (TPSA) is 37.4 Å². The molecule has 0 spiro atoms. The lowest BCUT2D eigenvalue weighted by Gasteiger charge is -2.19. The average Bonchev–Trinajstić information content (AvgIpc) is 2.66. The molecule has 1 aliphatic carbocycles. The zero-order valence-electron chi connectivity index (χ0n) is 11.8. The summed E-state index contributed by atoms with van der Waals surface area (Å²) in [5.74, 6) is -0.637. The summed E-state index contributed by atoms with van der Waals surface area (Å²) in [5.41, 5.74) is 2.64. The van der Waals surface area contributed by atoms with E-state index in [1.807, 2.05) is 19.9 Å². The van der Waals surface area contributed by atoms with Crippen molar-refractivity contribution in [3.05, 3.63) is 38.8 Å². The first kappa shape index (κ1) is 14.8. The van der Waals surface area contributed by atoms with Crippen LogP contribution in [0.15, 0.2) is 28.3 Å². The van der Waals surface area contributed by atoms with Crippen LogP contribution in [0.5, 0.6) is 0 Å². The standard InChI is InChI=1S/C16H15BrClNO2/c1-8-3-4-10-11(5-8)16(21)19(15(10)20)14-7-13(18)12(17)6-9(14)2/h3,6-7,10-11H,4-5H2,1-2H3/t10-,11-/m1/s1. The van der Waals surface area contributed by atoms with E-state index in [0.717, 1.165) is 10.0 Å². The zero-order valence-corrected chi connectivity index (χ0v) is 14.2. The fourth-order valence-corrected chi connectivity index (χ4v) is 3.77. The first-order valence-electron chi connectivity index (χ1n) is 6.89. The van der Waals surface area contributed by atoms with Gasteiger partial charge in [-0.05, 0) is 60.3 Å². The molecule has 0 N–H and O–H groups in total. The van der Waals surface area contributed by atoms with Crippen LogP contribution in [0.25, 0.3) is 0 Å². The number of nitrogens with zero attached hydrogens (tertiary/aromatic N) is 1. The largest absolute Gasteiger partial charge is 0.274 e. The average molecular weight is 369 g/mol. The van der Waals surface area contributed by atoms with Crippen molar-refractivity contribution >= 4 is 45.0 Å². The highest BCUT2D eigenvalue weighted by molar-refractivity contribution is 9.10. The van der Waals surface area contributed by atoms with Gasteiger partial charge in [-0.15, -0.1) is 0 Å². The molecular formula is C16H15BrClNO2. The number of carbonyl (C=O) groups is 2. The molecule has 2 aliphatic rings. The molecule has 0 saturated carbocycles. The number of benzene rings is 1. The van der Waals surface area contributed by atoms with E-state index in [0.29, 0.717) is 23.6 Å². The maximum absolute atomic E-state index is 12.7. The fraction of sp³-hybridized carbons (Fsp3) is 0.375. The third-order valence-electron chi connectivity index (χ3n) is 4.30. The van der Waals surface area contributed by atoms with Crippen LogP contribution in [-0.4, -0.2) is 11.8 Å². The third kappa shape index (κ3) is 2.34. The Labute approximate surface area is 137 Å². The van der Waals surface area contributed by atoms with Crippen molar-refractivity contribution in [1.29, 1.82) is 0 Å². The van der Waals surface area contributed by atoms with E-state index in [9.17, 15) is 9.59 Å². The highest BCUT2D eigenvalue weighted by Crippen LogP contribution is 2.41. The Hall–Kier alpha value is -1.13. The van der Waals surface area contributed by atoms with Gasteiger partial charge in [-0.1, -0.05) is 23.3 Å². The minimum Gasteiger partial charge on any atom is -0.274 e. The van der Waals surface area contributed by atoms with Gasteiger partial charge in [-0.2, -0.15) is 0 Å². The number of halogens is 2. The van der Waals surface area contributed by atoms with Gasteiger partial charge in [0, 0.05) is 4.47 Å². The van der Waals surface area contributed by atoms with Crippen LogP contribution in [0.1, 0.15) is 25.3 Å². The Morgan fingerprint density at radius 2 is 1.86 bits per heavy atom. The summed E-state index contributed by atoms with van der Waals surface area (Å²) >= 11 is 9.49. The molecular weight excluding hydrogens is 354 g/mol. The maximum Gasteiger partial charge on any atom is 0.238 e. The summed E-state index contributed by atoms with van der Waals surface area (Å²) in [6.45, 7) is 3.89. The van der Waals surface area contributed by atoms with Crippen LogP contribution in [0.3, 0.4) is 0 Å². The number of hydrogen-bond acceptors (Lipinski definition) is 2. The minimum absolute atomic E-state index is 0.0982. The molecule has 110 valence electrons. The third-order valence-corrected chi connectivity index (χ3v) is 5.50. The van der Waals surface area contributed by atoms with E-state index in [2.05, 4.69) is 22.0 Å². The summed E-state index contributed by atoms with van der Waals surface area (Å²) in [7, 11) is 0. The van der Waals surface area contributed by atoms with Crippen LogP contribution >= 0.6 is 27.5 Å². The second-order valence-electron chi connectivity index (χ2n) is 5.77. The normalized spacial score (nSPS) is 25.1. The summed E-state index contributed by atoms with van der Waals surface area (Å²) in [6, 6.07) is 3.53. The highest BCUT2D eigenvalue weighted by atomic mass is 79.9. The Morgan fingerprint density at radius 3 is 2.57 bits per heavy atom. The molecule has 5 heteroatoms. The summed E-state index contributed by atoms with van der Waals surface area (Å²) in [5, 5.41) is 0.500. The lowest BCUT2D eigenvalue weighted by atomic mass is 9.82. The van der Waals surface area contributed by atoms with E-state index < -0.39 is 0 Å². The van der Waals surface area contributed by atoms with E-state index >= 15 is 0 Å². The summed E-state index contributed by atoms with van der Waals surface area (Å²) in [6.07, 6.45) is 3.40. The van der Waals surface area contributed by atoms with Gasteiger partial charge < -0.3 is 0 Å². The van der Waals surface area contributed by atoms with Gasteiger partial charge in [0.05, 0.1) is 22.5 Å². The van der Waals surface area contributed by atoms with Gasteiger partial charge in [0.15, 0.2) is 0 Å². The van der Waals surface area contributed by atoms with Crippen molar-refractivity contribution < 1.29 is 9.59 Å². The molecule has 1 heterocycles. The molecule has 2 atom stereocenters. The molecule has 1 aliphatic heterocycles. The maximum atomic E-state index is 12.7. The molecule has 0 bridgehead atoms. The lowest BCUT2D eigenvalue weighted by molar-refractivity contribution is -0.122. The molecule has 1 fully saturated rings. The first-order chi connectivity index (χ1) is 9.90. The zero-order chi connectivity index (χ0) is 15.3. The van der Waals surface area contributed by atoms with E-state index in [1.165, 1.54) is 10.5 Å². The second kappa shape index (κ2) is 5.25. The van der Waals surface area contributed by atoms with E-state index in [1.54, 1.807) is 6.07 Å². The van der Waals surface area contributed by atoms with Crippen molar-refractivity contribution in [1.82, 2.24) is 0 Å². The van der Waals surface area contributed by atoms with Gasteiger partial charge in [-0.25, -0.2) is 4.90 Å². The second-order valence-corrected chi connectivity index (χ2v) is 7.03. The molecule has 21 heavy (non-hydrogen) atoms. The summed E-state index contributed by atoms with van der Waals surface area (Å²) < 4.78 is 0.763. The van der Waals surface area contributed by atoms with Crippen LogP contribution < -0.4 is 4.90 Å². The van der Waals surface area contributed by atoms with Gasteiger partial charge >= 0.3 is 0 Å². The number of rotatable bonds is 1. The SMILES string of the molecule is CC1=CC[C@H]2C(=O)N(c3cc(Cl)c(Br)cc3C)C(=O)[C@@H]2C1. The number of anilines is 1. The van der Waals surface area contributed by atoms with E-state index in [-0.39, 0.29) is 23.7 Å². The Bertz CT molecular complexity index is 683. The molecule has 3 nitrogen and oxygen atoms in total. The molecule has 1 aromatic rings. The number of carbonyl (C=O) groups excluding carboxylic acids is 2. The van der Waals surface area contributed by atoms with Crippen LogP contribution in [0.4, 0.5) is 5.69 Å². The van der Waals surface area contributed by atoms with Crippen molar-refractivity contribution in [2.24, 2.45) is 11.8 Å². The number of hydrogen-bond donors (Lipinski definition) is 0. The van der Waals surface area contributed by atoms with Crippen LogP contribution in [0, 0.1) is 18.8 Å². The molecule has 0 aromatic heterocycles. The Morgan fingerprint density at radius 1 is 1.19 bits per heavy atom. The molecule has 1 aromatic carbocycles. The minimum atomic E-state index is -0.219. The van der Waals surface area contributed by atoms with E-state index in [4.69, 9.17) is 11.6 Å². The Kier molecular flexibility index (Phi) is 3.70. The smallest absolute Gasteiger partial charge is 0.238 e. The molecule has 0 unspecified atom stereocenters. The van der Waals surface area contributed by atoms with Crippen molar-refractivity contribution in [2.75, 3.05) is 4.90 Å². The number of amides is 2. The Balaban J connectivity index is 2.03. The van der Waals surface area contributed by atoms with Gasteiger partial charge in [-0.3, -0.25) is 9.59 Å². The predicted octanol–water partition coefficient (Wildman–Crippen LogP) is 4.26.